The van der Waals surface area contributed by atoms with Gasteiger partial charge >= 0.3 is 0 Å². The van der Waals surface area contributed by atoms with E-state index in [4.69, 9.17) is 0 Å². The average Bonchev–Trinajstić information content (AvgIpc) is 2.74. The third-order valence-corrected chi connectivity index (χ3v) is 7.25. The van der Waals surface area contributed by atoms with Crippen LogP contribution in [0.5, 0.6) is 0 Å². The van der Waals surface area contributed by atoms with Gasteiger partial charge in [0.2, 0.25) is 15.9 Å². The SMILES string of the molecule is CC(C)CCNC(=O)C1CCCN(S(=O)(=O)c2ccc(-c3ccccc3)cc2)C1. The van der Waals surface area contributed by atoms with E-state index in [0.29, 0.717) is 25.4 Å². The maximum atomic E-state index is 13.1. The number of benzene rings is 2. The van der Waals surface area contributed by atoms with Crippen molar-refractivity contribution in [3.8, 4) is 11.1 Å². The standard InChI is InChI=1S/C23H30N2O3S/c1-18(2)14-15-24-23(26)21-9-6-16-25(17-21)29(27,28)22-12-10-20(11-13-22)19-7-4-3-5-8-19/h3-5,7-8,10-13,18,21H,6,9,14-17H2,1-2H3,(H,24,26). The van der Waals surface area contributed by atoms with E-state index < -0.39 is 10.0 Å². The Kier molecular flexibility index (Phi) is 7.09. The van der Waals surface area contributed by atoms with Crippen molar-refractivity contribution in [2.75, 3.05) is 19.6 Å². The first-order valence-corrected chi connectivity index (χ1v) is 11.8. The van der Waals surface area contributed by atoms with Crippen molar-refractivity contribution in [1.29, 1.82) is 0 Å². The largest absolute Gasteiger partial charge is 0.356 e. The van der Waals surface area contributed by atoms with Crippen molar-refractivity contribution in [3.63, 3.8) is 0 Å². The van der Waals surface area contributed by atoms with Gasteiger partial charge in [0.15, 0.2) is 0 Å². The lowest BCUT2D eigenvalue weighted by molar-refractivity contribution is -0.126. The van der Waals surface area contributed by atoms with Crippen LogP contribution in [-0.2, 0) is 14.8 Å². The zero-order valence-corrected chi connectivity index (χ0v) is 18.0. The summed E-state index contributed by atoms with van der Waals surface area (Å²) in [6, 6.07) is 16.8. The Balaban J connectivity index is 1.68. The zero-order chi connectivity index (χ0) is 20.9. The highest BCUT2D eigenvalue weighted by Crippen LogP contribution is 2.26. The summed E-state index contributed by atoms with van der Waals surface area (Å²) in [6.07, 6.45) is 2.35. The minimum Gasteiger partial charge on any atom is -0.356 e. The van der Waals surface area contributed by atoms with E-state index >= 15 is 0 Å². The number of carbonyl (C=O) groups excluding carboxylic acids is 1. The molecule has 1 fully saturated rings. The topological polar surface area (TPSA) is 66.5 Å². The number of piperidine rings is 1. The second-order valence-electron chi connectivity index (χ2n) is 8.07. The highest BCUT2D eigenvalue weighted by molar-refractivity contribution is 7.89. The predicted molar refractivity (Wildman–Crippen MR) is 116 cm³/mol. The first kappa shape index (κ1) is 21.5. The van der Waals surface area contributed by atoms with Crippen molar-refractivity contribution >= 4 is 15.9 Å². The minimum atomic E-state index is -3.61. The van der Waals surface area contributed by atoms with Gasteiger partial charge in [-0.05, 0) is 48.4 Å². The number of nitrogens with one attached hydrogen (secondary N) is 1. The van der Waals surface area contributed by atoms with Gasteiger partial charge in [-0.25, -0.2) is 8.42 Å². The Bertz CT molecular complexity index is 909. The predicted octanol–water partition coefficient (Wildman–Crippen LogP) is 3.92. The molecule has 1 aliphatic rings. The van der Waals surface area contributed by atoms with Crippen molar-refractivity contribution in [2.24, 2.45) is 11.8 Å². The second kappa shape index (κ2) is 9.55. The molecular weight excluding hydrogens is 384 g/mol. The summed E-state index contributed by atoms with van der Waals surface area (Å²) >= 11 is 0. The maximum Gasteiger partial charge on any atom is 0.243 e. The lowest BCUT2D eigenvalue weighted by Crippen LogP contribution is -2.45. The number of carbonyl (C=O) groups is 1. The molecule has 2 aromatic carbocycles. The number of hydrogen-bond donors (Lipinski definition) is 1. The molecule has 0 spiro atoms. The van der Waals surface area contributed by atoms with Gasteiger partial charge in [0.25, 0.3) is 0 Å². The van der Waals surface area contributed by atoms with Crippen LogP contribution in [0, 0.1) is 11.8 Å². The van der Waals surface area contributed by atoms with Gasteiger partial charge < -0.3 is 5.32 Å². The van der Waals surface area contributed by atoms with E-state index in [9.17, 15) is 13.2 Å². The lowest BCUT2D eigenvalue weighted by Gasteiger charge is -2.31. The van der Waals surface area contributed by atoms with Crippen LogP contribution < -0.4 is 5.32 Å². The third-order valence-electron chi connectivity index (χ3n) is 5.38. The van der Waals surface area contributed by atoms with Crippen molar-refractivity contribution in [2.45, 2.75) is 38.0 Å². The monoisotopic (exact) mass is 414 g/mol. The van der Waals surface area contributed by atoms with Crippen LogP contribution in [0.2, 0.25) is 0 Å². The molecule has 1 aliphatic heterocycles. The highest BCUT2D eigenvalue weighted by Gasteiger charge is 2.33. The zero-order valence-electron chi connectivity index (χ0n) is 17.2. The molecule has 3 rings (SSSR count). The highest BCUT2D eigenvalue weighted by atomic mass is 32.2. The Morgan fingerprint density at radius 1 is 1.07 bits per heavy atom. The van der Waals surface area contributed by atoms with Gasteiger partial charge in [-0.3, -0.25) is 4.79 Å². The molecule has 6 heteroatoms. The number of hydrogen-bond acceptors (Lipinski definition) is 3. The minimum absolute atomic E-state index is 0.0371. The number of rotatable bonds is 7. The maximum absolute atomic E-state index is 13.1. The van der Waals surface area contributed by atoms with Gasteiger partial charge in [0.05, 0.1) is 10.8 Å². The Labute approximate surface area is 174 Å². The molecule has 1 atom stereocenters. The molecule has 1 amide bonds. The number of sulfonamides is 1. The molecule has 1 saturated heterocycles. The Hall–Kier alpha value is -2.18. The number of nitrogens with zero attached hydrogens (tertiary/aromatic N) is 1. The van der Waals surface area contributed by atoms with Crippen LogP contribution >= 0.6 is 0 Å². The van der Waals surface area contributed by atoms with Gasteiger partial charge in [-0.15, -0.1) is 0 Å². The Morgan fingerprint density at radius 2 is 1.72 bits per heavy atom. The summed E-state index contributed by atoms with van der Waals surface area (Å²) < 4.78 is 27.7. The lowest BCUT2D eigenvalue weighted by atomic mass is 9.98. The van der Waals surface area contributed by atoms with Crippen molar-refractivity contribution in [1.82, 2.24) is 9.62 Å². The molecule has 156 valence electrons. The molecule has 2 aromatic rings. The molecule has 29 heavy (non-hydrogen) atoms. The summed E-state index contributed by atoms with van der Waals surface area (Å²) in [5.74, 6) is 0.205. The van der Waals surface area contributed by atoms with Gasteiger partial charge in [0.1, 0.15) is 0 Å². The van der Waals surface area contributed by atoms with Crippen molar-refractivity contribution < 1.29 is 13.2 Å². The van der Waals surface area contributed by atoms with Crippen LogP contribution in [0.25, 0.3) is 11.1 Å². The average molecular weight is 415 g/mol. The fourth-order valence-electron chi connectivity index (χ4n) is 3.60. The Morgan fingerprint density at radius 3 is 2.38 bits per heavy atom. The van der Waals surface area contributed by atoms with Crippen molar-refractivity contribution in [3.05, 3.63) is 54.6 Å². The number of amides is 1. The molecule has 0 aromatic heterocycles. The molecule has 1 N–H and O–H groups in total. The fraction of sp³-hybridized carbons (Fsp3) is 0.435. The van der Waals surface area contributed by atoms with Gasteiger partial charge in [0, 0.05) is 19.6 Å². The van der Waals surface area contributed by atoms with E-state index in [0.717, 1.165) is 24.0 Å². The summed E-state index contributed by atoms with van der Waals surface area (Å²) in [7, 11) is -3.61. The molecule has 5 nitrogen and oxygen atoms in total. The van der Waals surface area contributed by atoms with E-state index in [1.54, 1.807) is 12.1 Å². The van der Waals surface area contributed by atoms with E-state index in [2.05, 4.69) is 19.2 Å². The van der Waals surface area contributed by atoms with Gasteiger partial charge in [-0.2, -0.15) is 4.31 Å². The molecule has 0 bridgehead atoms. The van der Waals surface area contributed by atoms with E-state index in [1.165, 1.54) is 4.31 Å². The van der Waals surface area contributed by atoms with Crippen LogP contribution in [0.1, 0.15) is 33.1 Å². The normalized spacial score (nSPS) is 18.0. The van der Waals surface area contributed by atoms with Crippen LogP contribution in [0.4, 0.5) is 0 Å². The molecule has 0 aliphatic carbocycles. The summed E-state index contributed by atoms with van der Waals surface area (Å²) in [5.41, 5.74) is 2.03. The first-order valence-electron chi connectivity index (χ1n) is 10.3. The second-order valence-corrected chi connectivity index (χ2v) is 10.0. The van der Waals surface area contributed by atoms with Crippen LogP contribution in [0.3, 0.4) is 0 Å². The molecule has 0 saturated carbocycles. The summed E-state index contributed by atoms with van der Waals surface area (Å²) in [5, 5.41) is 2.96. The third kappa shape index (κ3) is 5.46. The fourth-order valence-corrected chi connectivity index (χ4v) is 5.13. The van der Waals surface area contributed by atoms with E-state index in [1.807, 2.05) is 42.5 Å². The molecule has 1 unspecified atom stereocenters. The van der Waals surface area contributed by atoms with Crippen LogP contribution in [0.15, 0.2) is 59.5 Å². The van der Waals surface area contributed by atoms with Crippen LogP contribution in [-0.4, -0.2) is 38.3 Å². The quantitative estimate of drug-likeness (QED) is 0.747. The molecule has 1 heterocycles. The molecule has 0 radical (unpaired) electrons. The first-order chi connectivity index (χ1) is 13.9. The smallest absolute Gasteiger partial charge is 0.243 e. The summed E-state index contributed by atoms with van der Waals surface area (Å²) in [4.78, 5) is 12.7. The van der Waals surface area contributed by atoms with E-state index in [-0.39, 0.29) is 23.3 Å². The molecular formula is C23H30N2O3S. The summed E-state index contributed by atoms with van der Waals surface area (Å²) in [6.45, 7) is 5.57. The van der Waals surface area contributed by atoms with Gasteiger partial charge in [-0.1, -0.05) is 56.3 Å².